The first-order chi connectivity index (χ1) is 6.17. The highest BCUT2D eigenvalue weighted by atomic mass is 35.5. The average molecular weight is 218 g/mol. The van der Waals surface area contributed by atoms with Gasteiger partial charge in [0.15, 0.2) is 0 Å². The summed E-state index contributed by atoms with van der Waals surface area (Å²) < 4.78 is 0. The molecule has 1 nitrogen and oxygen atoms in total. The van der Waals surface area contributed by atoms with Crippen molar-refractivity contribution in [2.24, 2.45) is 0 Å². The molecule has 0 aliphatic heterocycles. The molecular weight excluding hydrogens is 205 g/mol. The van der Waals surface area contributed by atoms with E-state index in [0.717, 1.165) is 11.4 Å². The van der Waals surface area contributed by atoms with Crippen molar-refractivity contribution in [1.29, 1.82) is 0 Å². The van der Waals surface area contributed by atoms with E-state index in [1.165, 1.54) is 5.56 Å². The Kier molecular flexibility index (Phi) is 4.01. The third kappa shape index (κ3) is 2.85. The van der Waals surface area contributed by atoms with Crippen LogP contribution in [0.2, 0.25) is 0 Å². The van der Waals surface area contributed by atoms with Gasteiger partial charge in [-0.15, -0.1) is 23.2 Å². The lowest BCUT2D eigenvalue weighted by molar-refractivity contribution is 0.852. The van der Waals surface area contributed by atoms with Crippen LogP contribution in [-0.2, 0) is 11.8 Å². The number of alkyl halides is 2. The van der Waals surface area contributed by atoms with Crippen molar-refractivity contribution in [3.05, 3.63) is 29.1 Å². The molecule has 13 heavy (non-hydrogen) atoms. The lowest BCUT2D eigenvalue weighted by atomic mass is 10.0. The Morgan fingerprint density at radius 1 is 1.15 bits per heavy atom. The van der Waals surface area contributed by atoms with E-state index in [2.05, 4.69) is 18.8 Å². The van der Waals surface area contributed by atoms with Crippen molar-refractivity contribution < 1.29 is 0 Å². The molecule has 0 fully saturated rings. The first-order valence-electron chi connectivity index (χ1n) is 4.29. The summed E-state index contributed by atoms with van der Waals surface area (Å²) in [5.41, 5.74) is 3.06. The van der Waals surface area contributed by atoms with Gasteiger partial charge < -0.3 is 0 Å². The second-order valence-electron chi connectivity index (χ2n) is 3.31. The maximum absolute atomic E-state index is 5.73. The van der Waals surface area contributed by atoms with E-state index in [1.54, 1.807) is 0 Å². The topological polar surface area (TPSA) is 12.9 Å². The fourth-order valence-electron chi connectivity index (χ4n) is 1.15. The Balaban J connectivity index is 3.07. The van der Waals surface area contributed by atoms with Gasteiger partial charge in [-0.3, -0.25) is 4.98 Å². The molecule has 72 valence electrons. The summed E-state index contributed by atoms with van der Waals surface area (Å²) in [6.45, 7) is 4.29. The molecule has 0 spiro atoms. The zero-order chi connectivity index (χ0) is 9.84. The van der Waals surface area contributed by atoms with Crippen molar-refractivity contribution in [3.63, 3.8) is 0 Å². The molecule has 1 heterocycles. The fourth-order valence-corrected chi connectivity index (χ4v) is 1.42. The minimum Gasteiger partial charge on any atom is -0.255 e. The molecule has 0 aliphatic carbocycles. The molecule has 0 saturated heterocycles. The Bertz CT molecular complexity index is 262. The quantitative estimate of drug-likeness (QED) is 0.705. The van der Waals surface area contributed by atoms with E-state index in [9.17, 15) is 0 Å². The molecule has 1 aromatic heterocycles. The van der Waals surface area contributed by atoms with Gasteiger partial charge in [0.25, 0.3) is 0 Å². The minimum absolute atomic E-state index is 0.449. The van der Waals surface area contributed by atoms with Gasteiger partial charge in [-0.1, -0.05) is 13.8 Å². The lowest BCUT2D eigenvalue weighted by Crippen LogP contribution is -1.97. The first kappa shape index (κ1) is 10.8. The van der Waals surface area contributed by atoms with Gasteiger partial charge in [0.05, 0.1) is 23.1 Å². The Labute approximate surface area is 89.1 Å². The predicted octanol–water partition coefficient (Wildman–Crippen LogP) is 3.68. The summed E-state index contributed by atoms with van der Waals surface area (Å²) in [5.74, 6) is 1.39. The van der Waals surface area contributed by atoms with E-state index in [-0.39, 0.29) is 0 Å². The summed E-state index contributed by atoms with van der Waals surface area (Å²) in [4.78, 5) is 4.29. The molecule has 0 unspecified atom stereocenters. The standard InChI is InChI=1S/C10H13Cl2N/c1-7(2)8-3-9(5-11)13-10(4-8)6-12/h3-4,7H,5-6H2,1-2H3. The third-order valence-electron chi connectivity index (χ3n) is 1.89. The van der Waals surface area contributed by atoms with Crippen LogP contribution in [0.4, 0.5) is 0 Å². The predicted molar refractivity (Wildman–Crippen MR) is 57.4 cm³/mol. The molecule has 0 bridgehead atoms. The smallest absolute Gasteiger partial charge is 0.0647 e. The van der Waals surface area contributed by atoms with Crippen molar-refractivity contribution in [2.75, 3.05) is 0 Å². The largest absolute Gasteiger partial charge is 0.255 e. The van der Waals surface area contributed by atoms with Crippen LogP contribution >= 0.6 is 23.2 Å². The Hall–Kier alpha value is -0.270. The van der Waals surface area contributed by atoms with Crippen LogP contribution in [0.5, 0.6) is 0 Å². The van der Waals surface area contributed by atoms with Crippen LogP contribution in [-0.4, -0.2) is 4.98 Å². The van der Waals surface area contributed by atoms with E-state index in [1.807, 2.05) is 12.1 Å². The van der Waals surface area contributed by atoms with E-state index in [0.29, 0.717) is 17.7 Å². The number of hydrogen-bond acceptors (Lipinski definition) is 1. The molecule has 3 heteroatoms. The summed E-state index contributed by atoms with van der Waals surface area (Å²) >= 11 is 11.5. The van der Waals surface area contributed by atoms with Gasteiger partial charge >= 0.3 is 0 Å². The second-order valence-corrected chi connectivity index (χ2v) is 3.84. The fraction of sp³-hybridized carbons (Fsp3) is 0.500. The number of aromatic nitrogens is 1. The first-order valence-corrected chi connectivity index (χ1v) is 5.36. The van der Waals surface area contributed by atoms with Crippen molar-refractivity contribution in [1.82, 2.24) is 4.98 Å². The lowest BCUT2D eigenvalue weighted by Gasteiger charge is -2.08. The van der Waals surface area contributed by atoms with Crippen LogP contribution < -0.4 is 0 Å². The Morgan fingerprint density at radius 3 is 1.92 bits per heavy atom. The van der Waals surface area contributed by atoms with E-state index < -0.39 is 0 Å². The van der Waals surface area contributed by atoms with Crippen molar-refractivity contribution in [3.8, 4) is 0 Å². The van der Waals surface area contributed by atoms with Gasteiger partial charge in [-0.05, 0) is 23.6 Å². The summed E-state index contributed by atoms with van der Waals surface area (Å²) in [6, 6.07) is 4.07. The highest BCUT2D eigenvalue weighted by molar-refractivity contribution is 6.17. The van der Waals surface area contributed by atoms with E-state index in [4.69, 9.17) is 23.2 Å². The summed E-state index contributed by atoms with van der Waals surface area (Å²) in [6.07, 6.45) is 0. The number of pyridine rings is 1. The van der Waals surface area contributed by atoms with Crippen LogP contribution in [0.1, 0.15) is 36.7 Å². The van der Waals surface area contributed by atoms with Crippen LogP contribution in [0.3, 0.4) is 0 Å². The normalized spacial score (nSPS) is 10.8. The summed E-state index contributed by atoms with van der Waals surface area (Å²) in [7, 11) is 0. The summed E-state index contributed by atoms with van der Waals surface area (Å²) in [5, 5.41) is 0. The number of nitrogens with zero attached hydrogens (tertiary/aromatic N) is 1. The number of halogens is 2. The van der Waals surface area contributed by atoms with Gasteiger partial charge in [0.1, 0.15) is 0 Å². The Morgan fingerprint density at radius 2 is 1.62 bits per heavy atom. The maximum Gasteiger partial charge on any atom is 0.0647 e. The second kappa shape index (κ2) is 4.83. The SMILES string of the molecule is CC(C)c1cc(CCl)nc(CCl)c1. The van der Waals surface area contributed by atoms with E-state index >= 15 is 0 Å². The van der Waals surface area contributed by atoms with Crippen molar-refractivity contribution >= 4 is 23.2 Å². The number of rotatable bonds is 3. The highest BCUT2D eigenvalue weighted by Gasteiger charge is 2.04. The van der Waals surface area contributed by atoms with Crippen molar-refractivity contribution in [2.45, 2.75) is 31.5 Å². The number of hydrogen-bond donors (Lipinski definition) is 0. The molecule has 1 rings (SSSR count). The van der Waals surface area contributed by atoms with Crippen LogP contribution in [0, 0.1) is 0 Å². The van der Waals surface area contributed by atoms with Crippen LogP contribution in [0.25, 0.3) is 0 Å². The zero-order valence-electron chi connectivity index (χ0n) is 7.85. The van der Waals surface area contributed by atoms with Gasteiger partial charge in [-0.25, -0.2) is 0 Å². The van der Waals surface area contributed by atoms with Crippen LogP contribution in [0.15, 0.2) is 12.1 Å². The molecule has 0 aromatic carbocycles. The monoisotopic (exact) mass is 217 g/mol. The molecule has 0 atom stereocenters. The molecular formula is C10H13Cl2N. The van der Waals surface area contributed by atoms with Gasteiger partial charge in [0.2, 0.25) is 0 Å². The molecule has 0 amide bonds. The molecule has 0 radical (unpaired) electrons. The molecule has 0 aliphatic rings. The van der Waals surface area contributed by atoms with Gasteiger partial charge in [-0.2, -0.15) is 0 Å². The molecule has 0 saturated carbocycles. The highest BCUT2D eigenvalue weighted by Crippen LogP contribution is 2.18. The molecule has 0 N–H and O–H groups in total. The average Bonchev–Trinajstić information content (AvgIpc) is 2.16. The maximum atomic E-state index is 5.73. The zero-order valence-corrected chi connectivity index (χ0v) is 9.36. The van der Waals surface area contributed by atoms with Gasteiger partial charge in [0, 0.05) is 0 Å². The minimum atomic E-state index is 0.449. The third-order valence-corrected chi connectivity index (χ3v) is 2.44. The molecule has 1 aromatic rings.